The number of unbranched alkanes of at least 4 members (excludes halogenated alkanes) is 1. The molecule has 4 nitrogen and oxygen atoms in total. The number of aliphatic hydroxyl groups is 1. The average Bonchev–Trinajstić information content (AvgIpc) is 2.43. The molecule has 0 bridgehead atoms. The third-order valence-electron chi connectivity index (χ3n) is 3.18. The topological polar surface area (TPSA) is 50.7 Å². The molecule has 0 aliphatic carbocycles. The lowest BCUT2D eigenvalue weighted by Crippen LogP contribution is -2.46. The normalized spacial score (nSPS) is 14.5. The van der Waals surface area contributed by atoms with E-state index in [0.29, 0.717) is 13.2 Å². The van der Waals surface area contributed by atoms with Crippen molar-refractivity contribution in [2.75, 3.05) is 39.6 Å². The van der Waals surface area contributed by atoms with Gasteiger partial charge in [0.15, 0.2) is 0 Å². The molecule has 0 amide bonds. The van der Waals surface area contributed by atoms with Gasteiger partial charge in [-0.15, -0.1) is 0 Å². The van der Waals surface area contributed by atoms with Crippen LogP contribution in [-0.4, -0.2) is 50.2 Å². The van der Waals surface area contributed by atoms with Crippen molar-refractivity contribution >= 4 is 0 Å². The van der Waals surface area contributed by atoms with Gasteiger partial charge in [-0.25, -0.2) is 0 Å². The quantitative estimate of drug-likeness (QED) is 0.478. The average molecular weight is 275 g/mol. The van der Waals surface area contributed by atoms with Gasteiger partial charge in [-0.3, -0.25) is 0 Å². The highest BCUT2D eigenvalue weighted by atomic mass is 16.5. The summed E-state index contributed by atoms with van der Waals surface area (Å²) in [5.74, 6) is 0. The number of aliphatic hydroxyl groups excluding tert-OH is 1. The number of nitrogens with one attached hydrogen (secondary N) is 1. The van der Waals surface area contributed by atoms with Gasteiger partial charge in [0.05, 0.1) is 19.8 Å². The minimum atomic E-state index is -0.170. The number of rotatable bonds is 14. The van der Waals surface area contributed by atoms with Gasteiger partial charge in [-0.2, -0.15) is 0 Å². The third-order valence-corrected chi connectivity index (χ3v) is 3.18. The minimum Gasteiger partial charge on any atom is -0.394 e. The summed E-state index contributed by atoms with van der Waals surface area (Å²) < 4.78 is 10.9. The third kappa shape index (κ3) is 11.4. The Bertz CT molecular complexity index is 190. The number of hydrogen-bond acceptors (Lipinski definition) is 4. The van der Waals surface area contributed by atoms with Gasteiger partial charge >= 0.3 is 0 Å². The summed E-state index contributed by atoms with van der Waals surface area (Å²) in [7, 11) is 0. The van der Waals surface area contributed by atoms with Crippen molar-refractivity contribution in [3.8, 4) is 0 Å². The molecule has 0 spiro atoms. The molecule has 2 N–H and O–H groups in total. The number of hydrogen-bond donors (Lipinski definition) is 2. The smallest absolute Gasteiger partial charge is 0.0700 e. The van der Waals surface area contributed by atoms with E-state index in [9.17, 15) is 5.11 Å². The first-order valence-electron chi connectivity index (χ1n) is 7.70. The van der Waals surface area contributed by atoms with Crippen LogP contribution in [0.2, 0.25) is 0 Å². The molecule has 116 valence electrons. The molecule has 0 radical (unpaired) electrons. The summed E-state index contributed by atoms with van der Waals surface area (Å²) >= 11 is 0. The molecule has 0 saturated heterocycles. The van der Waals surface area contributed by atoms with Crippen LogP contribution in [0.3, 0.4) is 0 Å². The van der Waals surface area contributed by atoms with Crippen molar-refractivity contribution in [3.63, 3.8) is 0 Å². The summed E-state index contributed by atoms with van der Waals surface area (Å²) in [5, 5.41) is 12.8. The predicted octanol–water partition coefficient (Wildman–Crippen LogP) is 2.35. The maximum Gasteiger partial charge on any atom is 0.0700 e. The molecular weight excluding hydrogens is 242 g/mol. The molecule has 0 aromatic rings. The van der Waals surface area contributed by atoms with Crippen molar-refractivity contribution in [2.45, 2.75) is 58.4 Å². The first-order chi connectivity index (χ1) is 9.18. The van der Waals surface area contributed by atoms with E-state index >= 15 is 0 Å². The Morgan fingerprint density at radius 2 is 1.58 bits per heavy atom. The zero-order valence-electron chi connectivity index (χ0n) is 13.0. The molecule has 1 atom stereocenters. The molecule has 0 aromatic heterocycles. The Kier molecular flexibility index (Phi) is 12.7. The maximum absolute atomic E-state index is 9.41. The van der Waals surface area contributed by atoms with E-state index in [1.807, 2.05) is 0 Å². The van der Waals surface area contributed by atoms with E-state index in [0.717, 1.165) is 45.4 Å². The van der Waals surface area contributed by atoms with E-state index < -0.39 is 0 Å². The van der Waals surface area contributed by atoms with Crippen LogP contribution in [0, 0.1) is 0 Å². The van der Waals surface area contributed by atoms with Crippen LogP contribution in [0.5, 0.6) is 0 Å². The van der Waals surface area contributed by atoms with E-state index in [2.05, 4.69) is 26.1 Å². The van der Waals surface area contributed by atoms with Crippen LogP contribution in [0.15, 0.2) is 0 Å². The van der Waals surface area contributed by atoms with Gasteiger partial charge in [0.1, 0.15) is 0 Å². The lowest BCUT2D eigenvalue weighted by atomic mass is 9.97. The fourth-order valence-corrected chi connectivity index (χ4v) is 1.78. The molecule has 0 saturated carbocycles. The second-order valence-electron chi connectivity index (χ2n) is 5.33. The highest BCUT2D eigenvalue weighted by Gasteiger charge is 2.21. The fourth-order valence-electron chi connectivity index (χ4n) is 1.78. The summed E-state index contributed by atoms with van der Waals surface area (Å²) in [4.78, 5) is 0. The Morgan fingerprint density at radius 1 is 0.947 bits per heavy atom. The van der Waals surface area contributed by atoms with Crippen molar-refractivity contribution in [1.29, 1.82) is 0 Å². The molecule has 0 rings (SSSR count). The van der Waals surface area contributed by atoms with Crippen molar-refractivity contribution in [1.82, 2.24) is 5.32 Å². The van der Waals surface area contributed by atoms with Crippen LogP contribution in [0.4, 0.5) is 0 Å². The Balaban J connectivity index is 3.40. The van der Waals surface area contributed by atoms with Crippen LogP contribution < -0.4 is 5.32 Å². The maximum atomic E-state index is 9.41. The monoisotopic (exact) mass is 275 g/mol. The molecular formula is C15H33NO3. The van der Waals surface area contributed by atoms with Crippen molar-refractivity contribution < 1.29 is 14.6 Å². The van der Waals surface area contributed by atoms with Gasteiger partial charge in [0.25, 0.3) is 0 Å². The standard InChI is InChI=1S/C15H33NO3/c1-4-6-10-18-12-13-19-11-7-8-15(3,14-17)16-9-5-2/h16-17H,4-14H2,1-3H3. The Morgan fingerprint density at radius 3 is 2.11 bits per heavy atom. The number of ether oxygens (including phenoxy) is 2. The van der Waals surface area contributed by atoms with Crippen molar-refractivity contribution in [2.24, 2.45) is 0 Å². The first-order valence-corrected chi connectivity index (χ1v) is 7.70. The van der Waals surface area contributed by atoms with E-state index in [-0.39, 0.29) is 12.1 Å². The molecule has 0 aromatic carbocycles. The van der Waals surface area contributed by atoms with Crippen LogP contribution in [0.25, 0.3) is 0 Å². The highest BCUT2D eigenvalue weighted by Crippen LogP contribution is 2.11. The van der Waals surface area contributed by atoms with Crippen molar-refractivity contribution in [3.05, 3.63) is 0 Å². The van der Waals surface area contributed by atoms with Gasteiger partial charge < -0.3 is 19.9 Å². The zero-order chi connectivity index (χ0) is 14.4. The van der Waals surface area contributed by atoms with Crippen LogP contribution in [0.1, 0.15) is 52.9 Å². The van der Waals surface area contributed by atoms with E-state index in [4.69, 9.17) is 9.47 Å². The lowest BCUT2D eigenvalue weighted by molar-refractivity contribution is 0.0419. The summed E-state index contributed by atoms with van der Waals surface area (Å²) in [6.45, 7) is 10.4. The molecule has 0 heterocycles. The van der Waals surface area contributed by atoms with E-state index in [1.165, 1.54) is 6.42 Å². The molecule has 0 aliphatic rings. The van der Waals surface area contributed by atoms with Gasteiger partial charge in [-0.1, -0.05) is 20.3 Å². The summed E-state index contributed by atoms with van der Waals surface area (Å²) in [6, 6.07) is 0. The first kappa shape index (κ1) is 18.8. The van der Waals surface area contributed by atoms with Gasteiger partial charge in [0, 0.05) is 18.8 Å². The van der Waals surface area contributed by atoms with E-state index in [1.54, 1.807) is 0 Å². The summed E-state index contributed by atoms with van der Waals surface area (Å²) in [6.07, 6.45) is 5.27. The van der Waals surface area contributed by atoms with Gasteiger partial charge in [-0.05, 0) is 39.2 Å². The molecule has 1 unspecified atom stereocenters. The fraction of sp³-hybridized carbons (Fsp3) is 1.00. The van der Waals surface area contributed by atoms with Gasteiger partial charge in [0.2, 0.25) is 0 Å². The predicted molar refractivity (Wildman–Crippen MR) is 79.6 cm³/mol. The molecule has 0 fully saturated rings. The second kappa shape index (κ2) is 12.9. The zero-order valence-corrected chi connectivity index (χ0v) is 13.0. The molecule has 0 aliphatic heterocycles. The summed E-state index contributed by atoms with van der Waals surface area (Å²) in [5.41, 5.74) is -0.170. The highest BCUT2D eigenvalue weighted by molar-refractivity contribution is 4.81. The molecule has 19 heavy (non-hydrogen) atoms. The lowest BCUT2D eigenvalue weighted by Gasteiger charge is -2.28. The largest absolute Gasteiger partial charge is 0.394 e. The second-order valence-corrected chi connectivity index (χ2v) is 5.33. The van der Waals surface area contributed by atoms with Crippen LogP contribution in [-0.2, 0) is 9.47 Å². The van der Waals surface area contributed by atoms with Crippen LogP contribution >= 0.6 is 0 Å². The Labute approximate surface area is 118 Å². The molecule has 4 heteroatoms. The SMILES string of the molecule is CCCCOCCOCCCC(C)(CO)NCCC. The Hall–Kier alpha value is -0.160. The minimum absolute atomic E-state index is 0.170.